The van der Waals surface area contributed by atoms with Gasteiger partial charge in [-0.1, -0.05) is 25.5 Å². The Kier molecular flexibility index (Phi) is 4.78. The zero-order valence-corrected chi connectivity index (χ0v) is 11.5. The maximum Gasteiger partial charge on any atom is 0.126 e. The van der Waals surface area contributed by atoms with Crippen LogP contribution in [0.5, 0.6) is 5.75 Å². The first-order valence-corrected chi connectivity index (χ1v) is 6.66. The van der Waals surface area contributed by atoms with Gasteiger partial charge in [-0.25, -0.2) is 4.98 Å². The van der Waals surface area contributed by atoms with Crippen molar-refractivity contribution in [3.8, 4) is 5.75 Å². The van der Waals surface area contributed by atoms with Gasteiger partial charge >= 0.3 is 0 Å². The number of nitrogens with one attached hydrogen (secondary N) is 1. The van der Waals surface area contributed by atoms with Gasteiger partial charge in [-0.3, -0.25) is 0 Å². The van der Waals surface area contributed by atoms with Crippen LogP contribution in [-0.2, 0) is 13.0 Å². The summed E-state index contributed by atoms with van der Waals surface area (Å²) in [5.41, 5.74) is 2.47. The molecular formula is C16H20N2O. The summed E-state index contributed by atoms with van der Waals surface area (Å²) in [4.78, 5) is 4.18. The second kappa shape index (κ2) is 6.78. The summed E-state index contributed by atoms with van der Waals surface area (Å²) < 4.78 is 5.77. The van der Waals surface area contributed by atoms with E-state index < -0.39 is 0 Å². The zero-order chi connectivity index (χ0) is 13.5. The van der Waals surface area contributed by atoms with Crippen molar-refractivity contribution in [2.45, 2.75) is 26.4 Å². The van der Waals surface area contributed by atoms with E-state index in [0.717, 1.165) is 23.6 Å². The first kappa shape index (κ1) is 13.4. The quantitative estimate of drug-likeness (QED) is 0.856. The molecule has 0 spiro atoms. The fourth-order valence-electron chi connectivity index (χ4n) is 1.91. The number of ether oxygens (including phenoxy) is 1. The average Bonchev–Trinajstić information content (AvgIpc) is 2.47. The maximum atomic E-state index is 5.77. The van der Waals surface area contributed by atoms with Crippen molar-refractivity contribution in [2.24, 2.45) is 0 Å². The van der Waals surface area contributed by atoms with Crippen molar-refractivity contribution in [3.05, 3.63) is 53.7 Å². The molecule has 100 valence electrons. The van der Waals surface area contributed by atoms with Crippen LogP contribution >= 0.6 is 0 Å². The molecule has 0 radical (unpaired) electrons. The second-order valence-electron chi connectivity index (χ2n) is 4.48. The third-order valence-electron chi connectivity index (χ3n) is 2.95. The molecule has 1 heterocycles. The molecule has 0 fully saturated rings. The van der Waals surface area contributed by atoms with Crippen LogP contribution in [0.1, 0.15) is 24.5 Å². The van der Waals surface area contributed by atoms with Gasteiger partial charge in [-0.05, 0) is 41.8 Å². The van der Waals surface area contributed by atoms with Crippen molar-refractivity contribution < 1.29 is 4.74 Å². The Morgan fingerprint density at radius 1 is 1.11 bits per heavy atom. The Morgan fingerprint density at radius 2 is 1.89 bits per heavy atom. The van der Waals surface area contributed by atoms with Gasteiger partial charge < -0.3 is 10.1 Å². The molecule has 2 rings (SSSR count). The molecule has 0 atom stereocenters. The van der Waals surface area contributed by atoms with Crippen molar-refractivity contribution in [1.29, 1.82) is 0 Å². The molecule has 0 aliphatic rings. The van der Waals surface area contributed by atoms with Crippen LogP contribution in [0, 0.1) is 0 Å². The number of hydrogen-bond acceptors (Lipinski definition) is 3. The lowest BCUT2D eigenvalue weighted by Gasteiger charge is -2.08. The number of rotatable bonds is 6. The Hall–Kier alpha value is -2.03. The summed E-state index contributed by atoms with van der Waals surface area (Å²) in [6.07, 6.45) is 4.08. The number of hydrogen-bond donors (Lipinski definition) is 1. The lowest BCUT2D eigenvalue weighted by molar-refractivity contribution is 0.306. The van der Waals surface area contributed by atoms with Crippen LogP contribution in [0.25, 0.3) is 0 Å². The van der Waals surface area contributed by atoms with E-state index in [9.17, 15) is 0 Å². The fraction of sp³-hybridized carbons (Fsp3) is 0.312. The lowest BCUT2D eigenvalue weighted by atomic mass is 10.1. The summed E-state index contributed by atoms with van der Waals surface area (Å²) in [6, 6.07) is 12.3. The Morgan fingerprint density at radius 3 is 2.58 bits per heavy atom. The molecule has 1 aromatic heterocycles. The van der Waals surface area contributed by atoms with Crippen LogP contribution in [0.2, 0.25) is 0 Å². The average molecular weight is 256 g/mol. The number of benzene rings is 1. The first-order valence-electron chi connectivity index (χ1n) is 6.66. The monoisotopic (exact) mass is 256 g/mol. The van der Waals surface area contributed by atoms with Gasteiger partial charge in [0.15, 0.2) is 0 Å². The van der Waals surface area contributed by atoms with Crippen molar-refractivity contribution in [2.75, 3.05) is 12.4 Å². The van der Waals surface area contributed by atoms with E-state index in [-0.39, 0.29) is 0 Å². The largest absolute Gasteiger partial charge is 0.489 e. The molecule has 1 N–H and O–H groups in total. The first-order chi connectivity index (χ1) is 9.31. The third-order valence-corrected chi connectivity index (χ3v) is 2.95. The van der Waals surface area contributed by atoms with Gasteiger partial charge in [-0.2, -0.15) is 0 Å². The highest BCUT2D eigenvalue weighted by Gasteiger charge is 1.98. The van der Waals surface area contributed by atoms with Gasteiger partial charge in [0.05, 0.1) is 0 Å². The van der Waals surface area contributed by atoms with E-state index in [0.29, 0.717) is 6.61 Å². The van der Waals surface area contributed by atoms with E-state index in [4.69, 9.17) is 4.74 Å². The molecule has 3 nitrogen and oxygen atoms in total. The minimum absolute atomic E-state index is 0.560. The Labute approximate surface area is 114 Å². The molecule has 0 saturated carbocycles. The molecule has 1 aromatic carbocycles. The highest BCUT2D eigenvalue weighted by molar-refractivity contribution is 5.36. The molecule has 2 aromatic rings. The summed E-state index contributed by atoms with van der Waals surface area (Å²) in [6.45, 7) is 2.75. The summed E-state index contributed by atoms with van der Waals surface area (Å²) in [7, 11) is 1.86. The van der Waals surface area contributed by atoms with Gasteiger partial charge in [0, 0.05) is 13.2 Å². The third kappa shape index (κ3) is 3.98. The van der Waals surface area contributed by atoms with Crippen LogP contribution in [0.3, 0.4) is 0 Å². The number of aromatic nitrogens is 1. The standard InChI is InChI=1S/C16H20N2O/c1-3-4-13-5-7-15(8-6-13)19-12-14-9-10-18-16(11-14)17-2/h5-11H,3-4,12H2,1-2H3,(H,17,18). The zero-order valence-electron chi connectivity index (χ0n) is 11.5. The number of pyridine rings is 1. The predicted molar refractivity (Wildman–Crippen MR) is 78.6 cm³/mol. The minimum atomic E-state index is 0.560. The van der Waals surface area contributed by atoms with Gasteiger partial charge in [0.25, 0.3) is 0 Å². The lowest BCUT2D eigenvalue weighted by Crippen LogP contribution is -1.98. The molecule has 0 bridgehead atoms. The normalized spacial score (nSPS) is 10.2. The van der Waals surface area contributed by atoms with Gasteiger partial charge in [-0.15, -0.1) is 0 Å². The number of anilines is 1. The van der Waals surface area contributed by atoms with Crippen molar-refractivity contribution >= 4 is 5.82 Å². The van der Waals surface area contributed by atoms with E-state index in [1.807, 2.05) is 31.3 Å². The predicted octanol–water partition coefficient (Wildman–Crippen LogP) is 3.65. The van der Waals surface area contributed by atoms with Crippen LogP contribution < -0.4 is 10.1 Å². The molecule has 0 saturated heterocycles. The van der Waals surface area contributed by atoms with Gasteiger partial charge in [0.2, 0.25) is 0 Å². The summed E-state index contributed by atoms with van der Waals surface area (Å²) in [5.74, 6) is 1.77. The second-order valence-corrected chi connectivity index (χ2v) is 4.48. The highest BCUT2D eigenvalue weighted by Crippen LogP contribution is 2.15. The number of nitrogens with zero attached hydrogens (tertiary/aromatic N) is 1. The summed E-state index contributed by atoms with van der Waals surface area (Å²) >= 11 is 0. The molecule has 0 aliphatic heterocycles. The Balaban J connectivity index is 1.94. The van der Waals surface area contributed by atoms with E-state index >= 15 is 0 Å². The smallest absolute Gasteiger partial charge is 0.126 e. The van der Waals surface area contributed by atoms with Crippen molar-refractivity contribution in [3.63, 3.8) is 0 Å². The van der Waals surface area contributed by atoms with Crippen molar-refractivity contribution in [1.82, 2.24) is 4.98 Å². The molecular weight excluding hydrogens is 236 g/mol. The van der Waals surface area contributed by atoms with E-state index in [2.05, 4.69) is 29.4 Å². The van der Waals surface area contributed by atoms with Crippen LogP contribution in [-0.4, -0.2) is 12.0 Å². The maximum absolute atomic E-state index is 5.77. The SMILES string of the molecule is CCCc1ccc(OCc2ccnc(NC)c2)cc1. The van der Waals surface area contributed by atoms with E-state index in [1.54, 1.807) is 6.20 Å². The fourth-order valence-corrected chi connectivity index (χ4v) is 1.91. The molecule has 0 unspecified atom stereocenters. The minimum Gasteiger partial charge on any atom is -0.489 e. The molecule has 0 aliphatic carbocycles. The van der Waals surface area contributed by atoms with Crippen LogP contribution in [0.4, 0.5) is 5.82 Å². The topological polar surface area (TPSA) is 34.1 Å². The Bertz CT molecular complexity index is 508. The highest BCUT2D eigenvalue weighted by atomic mass is 16.5. The van der Waals surface area contributed by atoms with Gasteiger partial charge in [0.1, 0.15) is 18.2 Å². The number of aryl methyl sites for hydroxylation is 1. The van der Waals surface area contributed by atoms with E-state index in [1.165, 1.54) is 12.0 Å². The summed E-state index contributed by atoms with van der Waals surface area (Å²) in [5, 5.41) is 3.02. The molecule has 19 heavy (non-hydrogen) atoms. The molecule has 3 heteroatoms. The van der Waals surface area contributed by atoms with Crippen LogP contribution in [0.15, 0.2) is 42.6 Å². The molecule has 0 amide bonds.